The first-order valence-corrected chi connectivity index (χ1v) is 12.3. The number of halogens is 1. The molecule has 12 heteroatoms. The summed E-state index contributed by atoms with van der Waals surface area (Å²) in [5.74, 6) is 1.42. The predicted molar refractivity (Wildman–Crippen MR) is 146 cm³/mol. The summed E-state index contributed by atoms with van der Waals surface area (Å²) in [6.45, 7) is 7.56. The lowest BCUT2D eigenvalue weighted by atomic mass is 9.99. The molecule has 0 amide bonds. The molecule has 0 bridgehead atoms. The summed E-state index contributed by atoms with van der Waals surface area (Å²) in [7, 11) is 0. The fraction of sp³-hybridized carbons (Fsp3) is 0.259. The van der Waals surface area contributed by atoms with Gasteiger partial charge in [0.05, 0.1) is 16.7 Å². The third-order valence-corrected chi connectivity index (χ3v) is 6.59. The Morgan fingerprint density at radius 3 is 2.85 bits per heavy atom. The zero-order valence-electron chi connectivity index (χ0n) is 21.7. The molecule has 1 aliphatic heterocycles. The average Bonchev–Trinajstić information content (AvgIpc) is 2.92. The number of nitrogens with zero attached hydrogens (tertiary/aromatic N) is 7. The molecule has 3 aromatic heterocycles. The summed E-state index contributed by atoms with van der Waals surface area (Å²) in [6.07, 6.45) is 6.23. The lowest BCUT2D eigenvalue weighted by Crippen LogP contribution is -2.57. The molecule has 39 heavy (non-hydrogen) atoms. The fourth-order valence-electron chi connectivity index (χ4n) is 4.50. The molecule has 0 atom stereocenters. The zero-order chi connectivity index (χ0) is 27.6. The zero-order valence-corrected chi connectivity index (χ0v) is 21.7. The first-order chi connectivity index (χ1) is 18.8. The standard InChI is InChI=1S/C27H27FN10O/c1-17-21(39-18-8-9-31-22(12-18)32-14-29)6-4-19(24(17)28)35-26-25-20(33-16-34-26)5-7-23(36-25)37-10-11-38(15-30)27(2,3)13-37/h4-9,12,14,16H,10-11,13H2,1-3H3,(H2,29,31,32)(H,33,34,35). The topological polar surface area (TPSA) is 142 Å². The smallest absolute Gasteiger partial charge is 0.179 e. The summed E-state index contributed by atoms with van der Waals surface area (Å²) >= 11 is 0. The summed E-state index contributed by atoms with van der Waals surface area (Å²) in [5, 5.41) is 19.6. The normalized spacial score (nSPS) is 15.2. The molecule has 198 valence electrons. The molecule has 4 heterocycles. The average molecular weight is 527 g/mol. The van der Waals surface area contributed by atoms with Gasteiger partial charge in [-0.25, -0.2) is 24.3 Å². The highest BCUT2D eigenvalue weighted by Crippen LogP contribution is 2.33. The van der Waals surface area contributed by atoms with Crippen LogP contribution in [0.25, 0.3) is 11.0 Å². The molecule has 1 fully saturated rings. The van der Waals surface area contributed by atoms with E-state index in [1.54, 1.807) is 42.3 Å². The molecule has 11 nitrogen and oxygen atoms in total. The first-order valence-electron chi connectivity index (χ1n) is 12.3. The highest BCUT2D eigenvalue weighted by Gasteiger charge is 2.33. The van der Waals surface area contributed by atoms with Crippen molar-refractivity contribution in [1.29, 1.82) is 10.7 Å². The first kappa shape index (κ1) is 25.6. The summed E-state index contributed by atoms with van der Waals surface area (Å²) in [5.41, 5.74) is 1.76. The van der Waals surface area contributed by atoms with Gasteiger partial charge in [0.15, 0.2) is 17.8 Å². The molecule has 5 rings (SSSR count). The van der Waals surface area contributed by atoms with E-state index in [1.165, 1.54) is 6.33 Å². The number of hydrogen-bond acceptors (Lipinski definition) is 9. The van der Waals surface area contributed by atoms with E-state index >= 15 is 4.39 Å². The third-order valence-electron chi connectivity index (χ3n) is 6.59. The van der Waals surface area contributed by atoms with E-state index in [1.807, 2.05) is 26.0 Å². The van der Waals surface area contributed by atoms with Crippen LogP contribution in [0.5, 0.6) is 11.5 Å². The van der Waals surface area contributed by atoms with Crippen molar-refractivity contribution in [2.45, 2.75) is 26.3 Å². The molecule has 4 aromatic rings. The van der Waals surface area contributed by atoms with E-state index < -0.39 is 5.82 Å². The number of rotatable bonds is 6. The van der Waals surface area contributed by atoms with Gasteiger partial charge in [-0.05, 0) is 51.1 Å². The van der Waals surface area contributed by atoms with Crippen LogP contribution >= 0.6 is 0 Å². The van der Waals surface area contributed by atoms with Gasteiger partial charge < -0.3 is 24.8 Å². The lowest BCUT2D eigenvalue weighted by molar-refractivity contribution is 0.175. The van der Waals surface area contributed by atoms with E-state index in [-0.39, 0.29) is 11.2 Å². The maximum Gasteiger partial charge on any atom is 0.179 e. The molecule has 0 spiro atoms. The van der Waals surface area contributed by atoms with Crippen molar-refractivity contribution in [3.63, 3.8) is 0 Å². The summed E-state index contributed by atoms with van der Waals surface area (Å²) in [6, 6.07) is 10.3. The van der Waals surface area contributed by atoms with Crippen LogP contribution in [0, 0.1) is 29.6 Å². The maximum absolute atomic E-state index is 15.5. The van der Waals surface area contributed by atoms with E-state index in [0.717, 1.165) is 12.2 Å². The number of pyridine rings is 2. The van der Waals surface area contributed by atoms with Gasteiger partial charge in [0.25, 0.3) is 0 Å². The van der Waals surface area contributed by atoms with Crippen molar-refractivity contribution in [1.82, 2.24) is 24.8 Å². The molecular formula is C27H27FN10O. The minimum Gasteiger partial charge on any atom is -0.457 e. The summed E-state index contributed by atoms with van der Waals surface area (Å²) < 4.78 is 21.4. The fourth-order valence-corrected chi connectivity index (χ4v) is 4.50. The number of benzene rings is 1. The number of anilines is 3. The number of nitrogens with one attached hydrogen (secondary N) is 3. The van der Waals surface area contributed by atoms with E-state index in [4.69, 9.17) is 15.1 Å². The summed E-state index contributed by atoms with van der Waals surface area (Å²) in [4.78, 5) is 24.2. The minimum atomic E-state index is -0.489. The van der Waals surface area contributed by atoms with Gasteiger partial charge in [0.2, 0.25) is 0 Å². The molecule has 0 saturated carbocycles. The number of piperazine rings is 1. The SMILES string of the molecule is Cc1c(Oc2cc[nH]/c(=N\C=N)c2)ccc(Nc2ncnc3ccc(N4CCN(C#N)C(C)(C)C4)nc23)c1F. The molecule has 0 radical (unpaired) electrons. The van der Waals surface area contributed by atoms with Crippen LogP contribution in [-0.4, -0.2) is 56.3 Å². The van der Waals surface area contributed by atoms with Crippen molar-refractivity contribution < 1.29 is 9.13 Å². The minimum absolute atomic E-state index is 0.219. The number of ether oxygens (including phenoxy) is 1. The van der Waals surface area contributed by atoms with Crippen LogP contribution in [-0.2, 0) is 0 Å². The second-order valence-electron chi connectivity index (χ2n) is 9.69. The number of nitriles is 1. The van der Waals surface area contributed by atoms with Gasteiger partial charge in [-0.1, -0.05) is 0 Å². The van der Waals surface area contributed by atoms with Crippen LogP contribution in [0.15, 0.2) is 53.9 Å². The Morgan fingerprint density at radius 2 is 2.08 bits per heavy atom. The van der Waals surface area contributed by atoms with Crippen LogP contribution in [0.3, 0.4) is 0 Å². The van der Waals surface area contributed by atoms with Gasteiger partial charge in [0.1, 0.15) is 41.0 Å². The number of aromatic nitrogens is 4. The highest BCUT2D eigenvalue weighted by molar-refractivity contribution is 5.88. The van der Waals surface area contributed by atoms with Crippen molar-refractivity contribution in [2.24, 2.45) is 4.99 Å². The number of hydrogen-bond donors (Lipinski definition) is 3. The maximum atomic E-state index is 15.5. The Hall–Kier alpha value is -5.05. The van der Waals surface area contributed by atoms with Crippen LogP contribution in [0.4, 0.5) is 21.7 Å². The van der Waals surface area contributed by atoms with Gasteiger partial charge in [-0.15, -0.1) is 0 Å². The highest BCUT2D eigenvalue weighted by atomic mass is 19.1. The Bertz CT molecular complexity index is 1660. The molecule has 1 saturated heterocycles. The molecule has 1 aromatic carbocycles. The van der Waals surface area contributed by atoms with Gasteiger partial charge in [0, 0.05) is 37.5 Å². The van der Waals surface area contributed by atoms with Crippen LogP contribution in [0.2, 0.25) is 0 Å². The molecular weight excluding hydrogens is 499 g/mol. The lowest BCUT2D eigenvalue weighted by Gasteiger charge is -2.44. The Kier molecular flexibility index (Phi) is 6.81. The Labute approximate surface area is 224 Å². The predicted octanol–water partition coefficient (Wildman–Crippen LogP) is 4.23. The van der Waals surface area contributed by atoms with Gasteiger partial charge in [-0.2, -0.15) is 5.26 Å². The quantitative estimate of drug-likeness (QED) is 0.193. The van der Waals surface area contributed by atoms with Gasteiger partial charge in [-0.3, -0.25) is 5.41 Å². The van der Waals surface area contributed by atoms with Gasteiger partial charge >= 0.3 is 0 Å². The van der Waals surface area contributed by atoms with Crippen LogP contribution < -0.4 is 20.4 Å². The van der Waals surface area contributed by atoms with E-state index in [2.05, 4.69) is 36.4 Å². The Balaban J connectivity index is 1.42. The van der Waals surface area contributed by atoms with Crippen molar-refractivity contribution in [2.75, 3.05) is 29.9 Å². The second kappa shape index (κ2) is 10.4. The molecule has 0 unspecified atom stereocenters. The van der Waals surface area contributed by atoms with Crippen LogP contribution in [0.1, 0.15) is 19.4 Å². The van der Waals surface area contributed by atoms with Crippen molar-refractivity contribution in [3.8, 4) is 17.7 Å². The number of H-pyrrole nitrogens is 1. The largest absolute Gasteiger partial charge is 0.457 e. The second-order valence-corrected chi connectivity index (χ2v) is 9.69. The Morgan fingerprint density at radius 1 is 1.23 bits per heavy atom. The van der Waals surface area contributed by atoms with E-state index in [9.17, 15) is 5.26 Å². The van der Waals surface area contributed by atoms with Crippen molar-refractivity contribution in [3.05, 3.63) is 65.8 Å². The molecule has 3 N–H and O–H groups in total. The number of aromatic amines is 1. The monoisotopic (exact) mass is 526 g/mol. The third kappa shape index (κ3) is 5.19. The number of fused-ring (bicyclic) bond motifs is 1. The molecule has 1 aliphatic rings. The van der Waals surface area contributed by atoms with Crippen molar-refractivity contribution >= 4 is 34.7 Å². The van der Waals surface area contributed by atoms with E-state index in [0.29, 0.717) is 59.0 Å². The molecule has 0 aliphatic carbocycles.